The molecule has 0 fully saturated rings. The zero-order chi connectivity index (χ0) is 15.4. The molecule has 0 bridgehead atoms. The molecular weight excluding hydrogens is 279 g/mol. The van der Waals surface area contributed by atoms with E-state index in [-0.39, 0.29) is 12.4 Å². The molecule has 0 aliphatic rings. The molecule has 3 nitrogen and oxygen atoms in total. The van der Waals surface area contributed by atoms with Gasteiger partial charge in [0.05, 0.1) is 12.8 Å². The second-order valence-corrected chi connectivity index (χ2v) is 5.16. The molecule has 0 radical (unpaired) electrons. The predicted molar refractivity (Wildman–Crippen MR) is 83.7 cm³/mol. The number of rotatable bonds is 5. The van der Waals surface area contributed by atoms with Gasteiger partial charge in [-0.05, 0) is 12.0 Å². The molecule has 1 heterocycles. The SMILES string of the molecule is OCc1cccc(-c2cnn(CCc3ccccc3)c2)c1F. The summed E-state index contributed by atoms with van der Waals surface area (Å²) >= 11 is 0. The van der Waals surface area contributed by atoms with E-state index in [1.807, 2.05) is 29.1 Å². The fourth-order valence-electron chi connectivity index (χ4n) is 2.44. The van der Waals surface area contributed by atoms with Crippen LogP contribution in [0.5, 0.6) is 0 Å². The topological polar surface area (TPSA) is 38.1 Å². The molecule has 2 aromatic carbocycles. The van der Waals surface area contributed by atoms with Gasteiger partial charge in [0.25, 0.3) is 0 Å². The van der Waals surface area contributed by atoms with Gasteiger partial charge >= 0.3 is 0 Å². The number of nitrogens with zero attached hydrogens (tertiary/aromatic N) is 2. The lowest BCUT2D eigenvalue weighted by Crippen LogP contribution is -2.01. The quantitative estimate of drug-likeness (QED) is 0.783. The summed E-state index contributed by atoms with van der Waals surface area (Å²) < 4.78 is 16.0. The van der Waals surface area contributed by atoms with E-state index in [4.69, 9.17) is 5.11 Å². The third-order valence-corrected chi connectivity index (χ3v) is 3.67. The summed E-state index contributed by atoms with van der Waals surface area (Å²) in [6.07, 6.45) is 4.37. The van der Waals surface area contributed by atoms with Crippen molar-refractivity contribution in [1.29, 1.82) is 0 Å². The second-order valence-electron chi connectivity index (χ2n) is 5.16. The van der Waals surface area contributed by atoms with Crippen LogP contribution in [0.4, 0.5) is 4.39 Å². The molecule has 0 saturated heterocycles. The van der Waals surface area contributed by atoms with Crippen LogP contribution < -0.4 is 0 Å². The molecule has 0 aliphatic heterocycles. The van der Waals surface area contributed by atoms with Crippen molar-refractivity contribution >= 4 is 0 Å². The van der Waals surface area contributed by atoms with Crippen molar-refractivity contribution in [2.45, 2.75) is 19.6 Å². The molecule has 22 heavy (non-hydrogen) atoms. The molecule has 0 aliphatic carbocycles. The third-order valence-electron chi connectivity index (χ3n) is 3.67. The molecule has 3 rings (SSSR count). The highest BCUT2D eigenvalue weighted by Crippen LogP contribution is 2.24. The smallest absolute Gasteiger partial charge is 0.136 e. The van der Waals surface area contributed by atoms with Crippen LogP contribution in [0.3, 0.4) is 0 Å². The van der Waals surface area contributed by atoms with Gasteiger partial charge in [0.15, 0.2) is 0 Å². The van der Waals surface area contributed by atoms with E-state index >= 15 is 0 Å². The van der Waals surface area contributed by atoms with Gasteiger partial charge in [-0.3, -0.25) is 4.68 Å². The summed E-state index contributed by atoms with van der Waals surface area (Å²) in [6.45, 7) is 0.438. The van der Waals surface area contributed by atoms with E-state index in [1.54, 1.807) is 24.4 Å². The Morgan fingerprint density at radius 2 is 1.86 bits per heavy atom. The highest BCUT2D eigenvalue weighted by atomic mass is 19.1. The first-order valence-electron chi connectivity index (χ1n) is 7.23. The summed E-state index contributed by atoms with van der Waals surface area (Å²) in [5.41, 5.74) is 2.74. The van der Waals surface area contributed by atoms with E-state index in [2.05, 4.69) is 17.2 Å². The van der Waals surface area contributed by atoms with Gasteiger partial charge in [-0.2, -0.15) is 5.10 Å². The minimum atomic E-state index is -0.382. The maximum Gasteiger partial charge on any atom is 0.136 e. The fraction of sp³-hybridized carbons (Fsp3) is 0.167. The average molecular weight is 296 g/mol. The highest BCUT2D eigenvalue weighted by molar-refractivity contribution is 5.63. The molecule has 3 aromatic rings. The van der Waals surface area contributed by atoms with E-state index in [0.717, 1.165) is 18.5 Å². The van der Waals surface area contributed by atoms with Crippen LogP contribution in [0.2, 0.25) is 0 Å². The second kappa shape index (κ2) is 6.54. The minimum Gasteiger partial charge on any atom is -0.392 e. The number of aliphatic hydroxyl groups is 1. The average Bonchev–Trinajstić information content (AvgIpc) is 3.03. The van der Waals surface area contributed by atoms with Crippen molar-refractivity contribution in [3.05, 3.63) is 77.9 Å². The third kappa shape index (κ3) is 3.07. The zero-order valence-electron chi connectivity index (χ0n) is 12.1. The number of hydrogen-bond donors (Lipinski definition) is 1. The number of benzene rings is 2. The Bertz CT molecular complexity index is 753. The molecular formula is C18H17FN2O. The molecule has 0 atom stereocenters. The molecule has 1 N–H and O–H groups in total. The van der Waals surface area contributed by atoms with E-state index in [0.29, 0.717) is 11.1 Å². The molecule has 1 aromatic heterocycles. The number of aryl methyl sites for hydroxylation is 2. The summed E-state index contributed by atoms with van der Waals surface area (Å²) in [5, 5.41) is 13.4. The Labute approximate surface area is 128 Å². The van der Waals surface area contributed by atoms with Crippen molar-refractivity contribution in [3.63, 3.8) is 0 Å². The van der Waals surface area contributed by atoms with Crippen LogP contribution in [0.1, 0.15) is 11.1 Å². The first kappa shape index (κ1) is 14.5. The molecule has 0 amide bonds. The van der Waals surface area contributed by atoms with Crippen LogP contribution in [0.15, 0.2) is 60.9 Å². The van der Waals surface area contributed by atoms with Gasteiger partial charge in [-0.15, -0.1) is 0 Å². The number of aromatic nitrogens is 2. The fourth-order valence-corrected chi connectivity index (χ4v) is 2.44. The van der Waals surface area contributed by atoms with Gasteiger partial charge in [0.1, 0.15) is 5.82 Å². The lowest BCUT2D eigenvalue weighted by molar-refractivity contribution is 0.276. The lowest BCUT2D eigenvalue weighted by atomic mass is 10.1. The van der Waals surface area contributed by atoms with Crippen molar-refractivity contribution in [2.75, 3.05) is 0 Å². The zero-order valence-corrected chi connectivity index (χ0v) is 12.1. The van der Waals surface area contributed by atoms with Crippen molar-refractivity contribution in [3.8, 4) is 11.1 Å². The molecule has 4 heteroatoms. The lowest BCUT2D eigenvalue weighted by Gasteiger charge is -2.04. The van der Waals surface area contributed by atoms with Crippen molar-refractivity contribution in [1.82, 2.24) is 9.78 Å². The maximum absolute atomic E-state index is 14.2. The Morgan fingerprint density at radius 1 is 1.05 bits per heavy atom. The van der Waals surface area contributed by atoms with Crippen molar-refractivity contribution < 1.29 is 9.50 Å². The molecule has 0 unspecified atom stereocenters. The largest absolute Gasteiger partial charge is 0.392 e. The van der Waals surface area contributed by atoms with Crippen LogP contribution in [0, 0.1) is 5.82 Å². The number of halogens is 1. The Balaban J connectivity index is 1.77. The van der Waals surface area contributed by atoms with Gasteiger partial charge in [0.2, 0.25) is 0 Å². The maximum atomic E-state index is 14.2. The molecule has 0 saturated carbocycles. The normalized spacial score (nSPS) is 10.8. The number of hydrogen-bond acceptors (Lipinski definition) is 2. The Hall–Kier alpha value is -2.46. The summed E-state index contributed by atoms with van der Waals surface area (Å²) in [7, 11) is 0. The Kier molecular flexibility index (Phi) is 4.30. The molecule has 112 valence electrons. The van der Waals surface area contributed by atoms with Gasteiger partial charge in [-0.1, -0.05) is 48.5 Å². The standard InChI is InChI=1S/C18H17FN2O/c19-18-15(13-22)7-4-8-17(18)16-11-20-21(12-16)10-9-14-5-2-1-3-6-14/h1-8,11-12,22H,9-10,13H2. The van der Waals surface area contributed by atoms with Crippen LogP contribution in [-0.2, 0) is 19.6 Å². The predicted octanol–water partition coefficient (Wildman–Crippen LogP) is 3.42. The summed E-state index contributed by atoms with van der Waals surface area (Å²) in [4.78, 5) is 0. The van der Waals surface area contributed by atoms with E-state index < -0.39 is 0 Å². The van der Waals surface area contributed by atoms with Crippen LogP contribution in [-0.4, -0.2) is 14.9 Å². The first-order valence-corrected chi connectivity index (χ1v) is 7.23. The van der Waals surface area contributed by atoms with Crippen LogP contribution >= 0.6 is 0 Å². The molecule has 0 spiro atoms. The summed E-state index contributed by atoms with van der Waals surface area (Å²) in [5.74, 6) is -0.382. The monoisotopic (exact) mass is 296 g/mol. The van der Waals surface area contributed by atoms with E-state index in [9.17, 15) is 4.39 Å². The van der Waals surface area contributed by atoms with Gasteiger partial charge in [-0.25, -0.2) is 4.39 Å². The van der Waals surface area contributed by atoms with Crippen LogP contribution in [0.25, 0.3) is 11.1 Å². The number of aliphatic hydroxyl groups excluding tert-OH is 1. The van der Waals surface area contributed by atoms with E-state index in [1.165, 1.54) is 5.56 Å². The van der Waals surface area contributed by atoms with Crippen molar-refractivity contribution in [2.24, 2.45) is 0 Å². The minimum absolute atomic E-state index is 0.300. The Morgan fingerprint density at radius 3 is 2.64 bits per heavy atom. The highest BCUT2D eigenvalue weighted by Gasteiger charge is 2.11. The van der Waals surface area contributed by atoms with Gasteiger partial charge in [0, 0.05) is 29.4 Å². The van der Waals surface area contributed by atoms with Gasteiger partial charge < -0.3 is 5.11 Å². The first-order chi connectivity index (χ1) is 10.8. The summed E-state index contributed by atoms with van der Waals surface area (Å²) in [6, 6.07) is 15.2.